The first kappa shape index (κ1) is 21.2. The van der Waals surface area contributed by atoms with Gasteiger partial charge in [-0.3, -0.25) is 0 Å². The van der Waals surface area contributed by atoms with Gasteiger partial charge in [-0.05, 0) is 31.9 Å². The summed E-state index contributed by atoms with van der Waals surface area (Å²) in [7, 11) is -3.74. The van der Waals surface area contributed by atoms with Crippen LogP contribution < -0.4 is 0 Å². The Hall–Kier alpha value is -0.840. The van der Waals surface area contributed by atoms with Gasteiger partial charge in [0, 0.05) is 0 Å². The van der Waals surface area contributed by atoms with Crippen LogP contribution in [0, 0.1) is 6.92 Å². The SMILES string of the molecule is CCCC/C=C(\[C@@H](O)[C@@H](Cl)CCCC)S(=O)(=O)c1ccc(C)cc1. The van der Waals surface area contributed by atoms with Gasteiger partial charge in [0.05, 0.1) is 15.2 Å². The van der Waals surface area contributed by atoms with Gasteiger partial charge >= 0.3 is 0 Å². The van der Waals surface area contributed by atoms with E-state index >= 15 is 0 Å². The second-order valence-corrected chi connectivity index (χ2v) is 8.68. The Morgan fingerprint density at radius 2 is 1.75 bits per heavy atom. The molecule has 1 aromatic carbocycles. The lowest BCUT2D eigenvalue weighted by Crippen LogP contribution is -2.28. The molecule has 2 atom stereocenters. The predicted molar refractivity (Wildman–Crippen MR) is 101 cm³/mol. The lowest BCUT2D eigenvalue weighted by Gasteiger charge is -2.20. The second kappa shape index (κ2) is 10.2. The first-order chi connectivity index (χ1) is 11.3. The molecular weight excluding hydrogens is 344 g/mol. The molecule has 0 radical (unpaired) electrons. The third kappa shape index (κ3) is 5.91. The Morgan fingerprint density at radius 1 is 1.17 bits per heavy atom. The molecule has 0 spiro atoms. The summed E-state index contributed by atoms with van der Waals surface area (Å²) in [4.78, 5) is 0.241. The first-order valence-electron chi connectivity index (χ1n) is 8.68. The molecule has 0 aliphatic carbocycles. The van der Waals surface area contributed by atoms with Gasteiger partial charge in [0.15, 0.2) is 0 Å². The standard InChI is InChI=1S/C19H29ClO3S/c1-4-6-8-10-18(19(21)17(20)9-7-5-2)24(22,23)16-13-11-15(3)12-14-16/h10-14,17,19,21H,4-9H2,1-3H3/b18-10+/t17-,19-/m0/s1. The molecule has 24 heavy (non-hydrogen) atoms. The lowest BCUT2D eigenvalue weighted by atomic mass is 10.1. The maximum Gasteiger partial charge on any atom is 0.205 e. The molecule has 0 amide bonds. The minimum absolute atomic E-state index is 0.0379. The fourth-order valence-electron chi connectivity index (χ4n) is 2.43. The number of halogens is 1. The number of sulfone groups is 1. The van der Waals surface area contributed by atoms with Crippen molar-refractivity contribution >= 4 is 21.4 Å². The van der Waals surface area contributed by atoms with Crippen LogP contribution in [0.5, 0.6) is 0 Å². The molecule has 1 aromatic rings. The van der Waals surface area contributed by atoms with Gasteiger partial charge in [-0.2, -0.15) is 0 Å². The molecule has 0 aliphatic rings. The van der Waals surface area contributed by atoms with E-state index in [1.165, 1.54) is 0 Å². The minimum atomic E-state index is -3.74. The van der Waals surface area contributed by atoms with Crippen LogP contribution >= 0.6 is 11.6 Å². The summed E-state index contributed by atoms with van der Waals surface area (Å²) >= 11 is 6.28. The van der Waals surface area contributed by atoms with Crippen molar-refractivity contribution in [2.45, 2.75) is 75.7 Å². The van der Waals surface area contributed by atoms with E-state index in [0.717, 1.165) is 31.2 Å². The fraction of sp³-hybridized carbons (Fsp3) is 0.579. The summed E-state index contributed by atoms with van der Waals surface area (Å²) in [5.74, 6) is 0. The van der Waals surface area contributed by atoms with Crippen molar-refractivity contribution in [2.75, 3.05) is 0 Å². The number of aryl methyl sites for hydroxylation is 1. The first-order valence-corrected chi connectivity index (χ1v) is 10.6. The average Bonchev–Trinajstić information content (AvgIpc) is 2.56. The molecule has 1 rings (SSSR count). The van der Waals surface area contributed by atoms with E-state index in [1.54, 1.807) is 30.3 Å². The van der Waals surface area contributed by atoms with Crippen LogP contribution in [0.25, 0.3) is 0 Å². The normalized spacial score (nSPS) is 15.3. The zero-order valence-corrected chi connectivity index (χ0v) is 16.4. The number of benzene rings is 1. The van der Waals surface area contributed by atoms with Crippen LogP contribution in [0.4, 0.5) is 0 Å². The van der Waals surface area contributed by atoms with Crippen molar-refractivity contribution in [3.63, 3.8) is 0 Å². The Morgan fingerprint density at radius 3 is 2.29 bits per heavy atom. The van der Waals surface area contributed by atoms with Crippen LogP contribution in [0.15, 0.2) is 40.1 Å². The highest BCUT2D eigenvalue weighted by molar-refractivity contribution is 7.95. The fourth-order valence-corrected chi connectivity index (χ4v) is 4.38. The van der Waals surface area contributed by atoms with E-state index in [4.69, 9.17) is 11.6 Å². The van der Waals surface area contributed by atoms with Crippen LogP contribution in [0.3, 0.4) is 0 Å². The van der Waals surface area contributed by atoms with Crippen molar-refractivity contribution in [3.8, 4) is 0 Å². The highest BCUT2D eigenvalue weighted by atomic mass is 35.5. The van der Waals surface area contributed by atoms with E-state index < -0.39 is 21.3 Å². The number of alkyl halides is 1. The number of unbranched alkanes of at least 4 members (excludes halogenated alkanes) is 3. The zero-order valence-electron chi connectivity index (χ0n) is 14.8. The molecule has 0 aliphatic heterocycles. The summed E-state index contributed by atoms with van der Waals surface area (Å²) in [6.45, 7) is 5.99. The smallest absolute Gasteiger partial charge is 0.205 e. The molecule has 0 heterocycles. The van der Waals surface area contributed by atoms with Crippen LogP contribution in [-0.2, 0) is 9.84 Å². The van der Waals surface area contributed by atoms with Gasteiger partial charge in [0.1, 0.15) is 6.10 Å². The van der Waals surface area contributed by atoms with E-state index in [0.29, 0.717) is 12.8 Å². The maximum atomic E-state index is 13.0. The van der Waals surface area contributed by atoms with Crippen molar-refractivity contribution in [2.24, 2.45) is 0 Å². The number of aliphatic hydroxyl groups is 1. The van der Waals surface area contributed by atoms with Gasteiger partial charge < -0.3 is 5.11 Å². The van der Waals surface area contributed by atoms with Crippen LogP contribution in [-0.4, -0.2) is 25.0 Å². The zero-order chi connectivity index (χ0) is 18.2. The Kier molecular flexibility index (Phi) is 9.03. The van der Waals surface area contributed by atoms with E-state index in [-0.39, 0.29) is 9.80 Å². The highest BCUT2D eigenvalue weighted by Crippen LogP contribution is 2.28. The molecule has 136 valence electrons. The third-order valence-electron chi connectivity index (χ3n) is 4.01. The highest BCUT2D eigenvalue weighted by Gasteiger charge is 2.31. The van der Waals surface area contributed by atoms with Gasteiger partial charge in [-0.25, -0.2) is 8.42 Å². The monoisotopic (exact) mass is 372 g/mol. The summed E-state index contributed by atoms with van der Waals surface area (Å²) in [6.07, 6.45) is 5.32. The van der Waals surface area contributed by atoms with E-state index in [2.05, 4.69) is 0 Å². The van der Waals surface area contributed by atoms with Gasteiger partial charge in [0.2, 0.25) is 9.84 Å². The van der Waals surface area contributed by atoms with Crippen molar-refractivity contribution in [3.05, 3.63) is 40.8 Å². The van der Waals surface area contributed by atoms with E-state index in [1.807, 2.05) is 20.8 Å². The average molecular weight is 373 g/mol. The second-order valence-electron chi connectivity index (χ2n) is 6.17. The number of hydrogen-bond acceptors (Lipinski definition) is 3. The number of allylic oxidation sites excluding steroid dienone is 1. The summed E-state index contributed by atoms with van der Waals surface area (Å²) in [5.41, 5.74) is 0.990. The molecule has 0 unspecified atom stereocenters. The largest absolute Gasteiger partial charge is 0.386 e. The van der Waals surface area contributed by atoms with Crippen molar-refractivity contribution < 1.29 is 13.5 Å². The molecule has 0 saturated heterocycles. The number of rotatable bonds is 10. The molecule has 3 nitrogen and oxygen atoms in total. The van der Waals surface area contributed by atoms with Gasteiger partial charge in [-0.1, -0.05) is 63.3 Å². The predicted octanol–water partition coefficient (Wildman–Crippen LogP) is 5.00. The van der Waals surface area contributed by atoms with Gasteiger partial charge in [-0.15, -0.1) is 11.6 Å². The van der Waals surface area contributed by atoms with E-state index in [9.17, 15) is 13.5 Å². The third-order valence-corrected chi connectivity index (χ3v) is 6.39. The maximum absolute atomic E-state index is 13.0. The Balaban J connectivity index is 3.16. The molecule has 0 aromatic heterocycles. The molecule has 0 saturated carbocycles. The molecule has 1 N–H and O–H groups in total. The Bertz CT molecular complexity index is 621. The summed E-state index contributed by atoms with van der Waals surface area (Å²) in [5, 5.41) is 9.98. The molecular formula is C19H29ClO3S. The Labute approximate surface area is 151 Å². The topological polar surface area (TPSA) is 54.4 Å². The van der Waals surface area contributed by atoms with Crippen LogP contribution in [0.2, 0.25) is 0 Å². The van der Waals surface area contributed by atoms with Crippen LogP contribution in [0.1, 0.15) is 57.9 Å². The quantitative estimate of drug-likeness (QED) is 0.464. The number of hydrogen-bond donors (Lipinski definition) is 1. The molecule has 5 heteroatoms. The summed E-state index contributed by atoms with van der Waals surface area (Å²) < 4.78 is 25.9. The molecule has 0 bridgehead atoms. The van der Waals surface area contributed by atoms with Gasteiger partial charge in [0.25, 0.3) is 0 Å². The lowest BCUT2D eigenvalue weighted by molar-refractivity contribution is 0.206. The summed E-state index contributed by atoms with van der Waals surface area (Å²) in [6, 6.07) is 6.69. The minimum Gasteiger partial charge on any atom is -0.386 e. The molecule has 0 fully saturated rings. The number of aliphatic hydroxyl groups excluding tert-OH is 1. The van der Waals surface area contributed by atoms with Crippen molar-refractivity contribution in [1.29, 1.82) is 0 Å². The van der Waals surface area contributed by atoms with Crippen molar-refractivity contribution in [1.82, 2.24) is 0 Å².